The number of aliphatic hydroxyl groups is 1. The van der Waals surface area contributed by atoms with E-state index in [0.717, 1.165) is 32.1 Å². The number of carbonyl (C=O) groups excluding carboxylic acids is 1. The Morgan fingerprint density at radius 2 is 1.88 bits per heavy atom. The van der Waals surface area contributed by atoms with Gasteiger partial charge >= 0.3 is 5.97 Å². The molecule has 3 fully saturated rings. The van der Waals surface area contributed by atoms with Crippen LogP contribution in [0.5, 0.6) is 0 Å². The zero-order valence-corrected chi connectivity index (χ0v) is 16.0. The Balaban J connectivity index is 1.82. The van der Waals surface area contributed by atoms with Crippen LogP contribution >= 0.6 is 0 Å². The fourth-order valence-electron chi connectivity index (χ4n) is 6.69. The largest absolute Gasteiger partial charge is 0.462 e. The molecule has 3 rings (SSSR count). The van der Waals surface area contributed by atoms with Gasteiger partial charge in [0, 0.05) is 12.3 Å². The molecule has 138 valence electrons. The van der Waals surface area contributed by atoms with Crippen molar-refractivity contribution in [2.24, 2.45) is 28.6 Å². The molecule has 0 aliphatic heterocycles. The first-order valence-electron chi connectivity index (χ1n) is 10.2. The molecule has 1 N–H and O–H groups in total. The lowest BCUT2D eigenvalue weighted by Gasteiger charge is -2.57. The fourth-order valence-corrected chi connectivity index (χ4v) is 6.69. The summed E-state index contributed by atoms with van der Waals surface area (Å²) >= 11 is 0. The number of aliphatic hydroxyl groups excluding tert-OH is 1. The van der Waals surface area contributed by atoms with E-state index >= 15 is 0 Å². The van der Waals surface area contributed by atoms with Crippen LogP contribution in [0.25, 0.3) is 0 Å². The van der Waals surface area contributed by atoms with Crippen LogP contribution in [0.2, 0.25) is 0 Å². The van der Waals surface area contributed by atoms with E-state index in [-0.39, 0.29) is 29.0 Å². The molecule has 0 spiro atoms. The second kappa shape index (κ2) is 6.63. The molecule has 0 saturated heterocycles. The SMILES string of the molecule is CCCC[C@@]1(C)[C@@H](O)CC[C@@H]2[C@@H]1CC[C@]1(C)[C@@H](OC(C)=O)CC[C@@H]21. The summed E-state index contributed by atoms with van der Waals surface area (Å²) in [5.41, 5.74) is 0.237. The highest BCUT2D eigenvalue weighted by molar-refractivity contribution is 5.66. The topological polar surface area (TPSA) is 46.5 Å². The number of fused-ring (bicyclic) bond motifs is 3. The lowest BCUT2D eigenvalue weighted by Crippen LogP contribution is -2.54. The number of unbranched alkanes of at least 4 members (excludes halogenated alkanes) is 1. The van der Waals surface area contributed by atoms with Gasteiger partial charge in [-0.15, -0.1) is 0 Å². The Hall–Kier alpha value is -0.570. The van der Waals surface area contributed by atoms with Crippen molar-refractivity contribution in [2.75, 3.05) is 0 Å². The maximum atomic E-state index is 11.5. The van der Waals surface area contributed by atoms with Gasteiger partial charge in [0.25, 0.3) is 0 Å². The van der Waals surface area contributed by atoms with Gasteiger partial charge in [-0.05, 0) is 68.1 Å². The minimum Gasteiger partial charge on any atom is -0.462 e. The molecular weight excluding hydrogens is 300 g/mol. The molecule has 0 radical (unpaired) electrons. The molecule has 3 nitrogen and oxygen atoms in total. The van der Waals surface area contributed by atoms with Crippen molar-refractivity contribution in [3.63, 3.8) is 0 Å². The molecule has 0 unspecified atom stereocenters. The summed E-state index contributed by atoms with van der Waals surface area (Å²) in [5, 5.41) is 10.8. The van der Waals surface area contributed by atoms with Gasteiger partial charge in [0.2, 0.25) is 0 Å². The molecule has 0 amide bonds. The van der Waals surface area contributed by atoms with Crippen molar-refractivity contribution in [3.8, 4) is 0 Å². The molecule has 3 heteroatoms. The lowest BCUT2D eigenvalue weighted by molar-refractivity contribution is -0.163. The Bertz CT molecular complexity index is 476. The van der Waals surface area contributed by atoms with E-state index in [1.165, 1.54) is 25.7 Å². The van der Waals surface area contributed by atoms with Crippen LogP contribution in [0, 0.1) is 28.6 Å². The number of hydrogen-bond acceptors (Lipinski definition) is 3. The summed E-state index contributed by atoms with van der Waals surface area (Å²) in [6.45, 7) is 8.50. The predicted octanol–water partition coefficient (Wildman–Crippen LogP) is 4.71. The van der Waals surface area contributed by atoms with Gasteiger partial charge in [-0.1, -0.05) is 33.6 Å². The molecule has 24 heavy (non-hydrogen) atoms. The molecule has 7 atom stereocenters. The first-order valence-corrected chi connectivity index (χ1v) is 10.2. The number of ether oxygens (including phenoxy) is 1. The average Bonchev–Trinajstić information content (AvgIpc) is 2.85. The Morgan fingerprint density at radius 1 is 1.12 bits per heavy atom. The van der Waals surface area contributed by atoms with E-state index in [9.17, 15) is 9.90 Å². The molecule has 0 aromatic carbocycles. The van der Waals surface area contributed by atoms with Crippen LogP contribution in [-0.4, -0.2) is 23.3 Å². The zero-order valence-electron chi connectivity index (χ0n) is 16.0. The van der Waals surface area contributed by atoms with E-state index in [0.29, 0.717) is 17.8 Å². The number of hydrogen-bond donors (Lipinski definition) is 1. The van der Waals surface area contributed by atoms with Crippen LogP contribution < -0.4 is 0 Å². The zero-order chi connectivity index (χ0) is 17.5. The van der Waals surface area contributed by atoms with E-state index < -0.39 is 0 Å². The summed E-state index contributed by atoms with van der Waals surface area (Å²) in [4.78, 5) is 11.5. The summed E-state index contributed by atoms with van der Waals surface area (Å²) in [5.74, 6) is 1.88. The first-order chi connectivity index (χ1) is 11.3. The van der Waals surface area contributed by atoms with Crippen LogP contribution in [0.15, 0.2) is 0 Å². The van der Waals surface area contributed by atoms with Crippen molar-refractivity contribution in [1.29, 1.82) is 0 Å². The van der Waals surface area contributed by atoms with Crippen LogP contribution in [0.4, 0.5) is 0 Å². The van der Waals surface area contributed by atoms with Crippen molar-refractivity contribution < 1.29 is 14.6 Å². The molecular formula is C21H36O3. The van der Waals surface area contributed by atoms with Crippen molar-refractivity contribution in [3.05, 3.63) is 0 Å². The summed E-state index contributed by atoms with van der Waals surface area (Å²) in [6.07, 6.45) is 10.2. The quantitative estimate of drug-likeness (QED) is 0.756. The lowest BCUT2D eigenvalue weighted by atomic mass is 9.48. The minimum absolute atomic E-state index is 0.0831. The predicted molar refractivity (Wildman–Crippen MR) is 95.5 cm³/mol. The molecule has 0 bridgehead atoms. The van der Waals surface area contributed by atoms with Gasteiger partial charge in [-0.3, -0.25) is 4.79 Å². The highest BCUT2D eigenvalue weighted by Gasteiger charge is 2.60. The first kappa shape index (κ1) is 18.2. The smallest absolute Gasteiger partial charge is 0.302 e. The molecule has 3 aliphatic carbocycles. The Labute approximate surface area is 147 Å². The van der Waals surface area contributed by atoms with Crippen molar-refractivity contribution in [2.45, 2.75) is 97.7 Å². The maximum absolute atomic E-state index is 11.5. The number of esters is 1. The molecule has 3 aliphatic rings. The van der Waals surface area contributed by atoms with Gasteiger partial charge in [-0.25, -0.2) is 0 Å². The molecule has 0 heterocycles. The molecule has 0 aromatic heterocycles. The Kier molecular flexibility index (Phi) is 5.03. The number of carbonyl (C=O) groups is 1. The van der Waals surface area contributed by atoms with Crippen LogP contribution in [0.3, 0.4) is 0 Å². The number of rotatable bonds is 4. The van der Waals surface area contributed by atoms with Gasteiger partial charge in [0.1, 0.15) is 6.10 Å². The standard InChI is InChI=1S/C21H36O3/c1-5-6-12-20(3)17-11-13-21(4)16(15(17)7-9-18(20)23)8-10-19(21)24-14(2)22/h15-19,23H,5-13H2,1-4H3/t15-,16-,17-,18-,19-,20+,21-/m0/s1. The third-order valence-corrected chi connectivity index (χ3v) is 8.11. The average molecular weight is 337 g/mol. The summed E-state index contributed by atoms with van der Waals surface area (Å²) in [7, 11) is 0. The fraction of sp³-hybridized carbons (Fsp3) is 0.952. The Morgan fingerprint density at radius 3 is 2.54 bits per heavy atom. The summed E-state index contributed by atoms with van der Waals surface area (Å²) in [6, 6.07) is 0. The van der Waals surface area contributed by atoms with Crippen LogP contribution in [-0.2, 0) is 9.53 Å². The second-order valence-corrected chi connectivity index (χ2v) is 9.30. The van der Waals surface area contributed by atoms with Crippen molar-refractivity contribution >= 4 is 5.97 Å². The summed E-state index contributed by atoms with van der Waals surface area (Å²) < 4.78 is 5.71. The van der Waals surface area contributed by atoms with E-state index in [2.05, 4.69) is 20.8 Å². The van der Waals surface area contributed by atoms with Crippen molar-refractivity contribution in [1.82, 2.24) is 0 Å². The maximum Gasteiger partial charge on any atom is 0.302 e. The highest BCUT2D eigenvalue weighted by Crippen LogP contribution is 2.64. The highest BCUT2D eigenvalue weighted by atomic mass is 16.5. The van der Waals surface area contributed by atoms with Gasteiger partial charge in [-0.2, -0.15) is 0 Å². The minimum atomic E-state index is -0.139. The third kappa shape index (κ3) is 2.81. The molecule has 3 saturated carbocycles. The second-order valence-electron chi connectivity index (χ2n) is 9.30. The molecule has 0 aromatic rings. The van der Waals surface area contributed by atoms with Gasteiger partial charge < -0.3 is 9.84 Å². The van der Waals surface area contributed by atoms with E-state index in [1.54, 1.807) is 6.92 Å². The van der Waals surface area contributed by atoms with Crippen LogP contribution in [0.1, 0.15) is 85.5 Å². The van der Waals surface area contributed by atoms with E-state index in [4.69, 9.17) is 4.74 Å². The van der Waals surface area contributed by atoms with Gasteiger partial charge in [0.05, 0.1) is 6.10 Å². The third-order valence-electron chi connectivity index (χ3n) is 8.11. The normalized spacial score (nSPS) is 47.8. The monoisotopic (exact) mass is 336 g/mol. The van der Waals surface area contributed by atoms with E-state index in [1.807, 2.05) is 0 Å². The van der Waals surface area contributed by atoms with Gasteiger partial charge in [0.15, 0.2) is 0 Å².